The van der Waals surface area contributed by atoms with Crippen molar-refractivity contribution < 1.29 is 23.1 Å². The summed E-state index contributed by atoms with van der Waals surface area (Å²) in [5.41, 5.74) is 0.165. The van der Waals surface area contributed by atoms with E-state index < -0.39 is 27.8 Å². The number of nitrogens with one attached hydrogen (secondary N) is 1. The summed E-state index contributed by atoms with van der Waals surface area (Å²) in [4.78, 5) is 22.9. The van der Waals surface area contributed by atoms with E-state index in [9.17, 15) is 18.0 Å². The summed E-state index contributed by atoms with van der Waals surface area (Å²) in [7, 11) is -2.32. The number of carbonyl (C=O) groups is 2. The van der Waals surface area contributed by atoms with Crippen molar-refractivity contribution in [2.75, 3.05) is 0 Å². The number of amides is 1. The van der Waals surface area contributed by atoms with E-state index in [-0.39, 0.29) is 16.6 Å². The van der Waals surface area contributed by atoms with Crippen LogP contribution in [0.15, 0.2) is 17.2 Å². The van der Waals surface area contributed by atoms with Crippen molar-refractivity contribution in [3.8, 4) is 0 Å². The van der Waals surface area contributed by atoms with Crippen LogP contribution in [-0.4, -0.2) is 36.0 Å². The third-order valence-corrected chi connectivity index (χ3v) is 4.54. The molecule has 1 aliphatic carbocycles. The van der Waals surface area contributed by atoms with E-state index in [2.05, 4.69) is 5.32 Å². The average molecular weight is 315 g/mol. The molecule has 21 heavy (non-hydrogen) atoms. The van der Waals surface area contributed by atoms with Crippen LogP contribution in [0.1, 0.15) is 29.8 Å². The van der Waals surface area contributed by atoms with Gasteiger partial charge < -0.3 is 15.0 Å². The van der Waals surface area contributed by atoms with E-state index in [1.165, 1.54) is 23.9 Å². The molecule has 8 nitrogen and oxygen atoms in total. The standard InChI is InChI=1S/C12H17N3O5S/c1-15-6-9(21(13,19)20)5-10(15)11(16)14-8-3-2-7(4-8)12(17)18/h5-8H,2-4H2,1H3,(H,14,16)(H,17,18)(H2,13,19,20)/t7-,8+/m1/s1. The molecule has 0 saturated heterocycles. The minimum Gasteiger partial charge on any atom is -0.481 e. The van der Waals surface area contributed by atoms with Gasteiger partial charge in [0.15, 0.2) is 0 Å². The predicted molar refractivity (Wildman–Crippen MR) is 73.0 cm³/mol. The Hall–Kier alpha value is -1.87. The van der Waals surface area contributed by atoms with Gasteiger partial charge in [-0.1, -0.05) is 0 Å². The van der Waals surface area contributed by atoms with Gasteiger partial charge in [0, 0.05) is 19.3 Å². The lowest BCUT2D eigenvalue weighted by molar-refractivity contribution is -0.141. The van der Waals surface area contributed by atoms with Crippen molar-refractivity contribution in [2.24, 2.45) is 18.1 Å². The normalized spacial score (nSPS) is 22.2. The summed E-state index contributed by atoms with van der Waals surface area (Å²) < 4.78 is 23.9. The highest BCUT2D eigenvalue weighted by atomic mass is 32.2. The zero-order valence-corrected chi connectivity index (χ0v) is 12.3. The van der Waals surface area contributed by atoms with Gasteiger partial charge in [0.2, 0.25) is 10.0 Å². The van der Waals surface area contributed by atoms with Gasteiger partial charge in [0.25, 0.3) is 5.91 Å². The Kier molecular flexibility index (Phi) is 4.06. The number of primary sulfonamides is 1. The van der Waals surface area contributed by atoms with Gasteiger partial charge >= 0.3 is 5.97 Å². The van der Waals surface area contributed by atoms with Crippen LogP contribution >= 0.6 is 0 Å². The lowest BCUT2D eigenvalue weighted by atomic mass is 10.1. The van der Waals surface area contributed by atoms with E-state index in [4.69, 9.17) is 10.2 Å². The number of hydrogen-bond acceptors (Lipinski definition) is 4. The molecule has 4 N–H and O–H groups in total. The van der Waals surface area contributed by atoms with Gasteiger partial charge in [0.1, 0.15) is 10.6 Å². The quantitative estimate of drug-likeness (QED) is 0.699. The molecule has 1 amide bonds. The lowest BCUT2D eigenvalue weighted by Crippen LogP contribution is -2.34. The molecule has 0 bridgehead atoms. The van der Waals surface area contributed by atoms with Crippen LogP contribution < -0.4 is 10.5 Å². The van der Waals surface area contributed by atoms with Gasteiger partial charge in [-0.3, -0.25) is 9.59 Å². The summed E-state index contributed by atoms with van der Waals surface area (Å²) >= 11 is 0. The molecule has 2 atom stereocenters. The Morgan fingerprint density at radius 2 is 2.10 bits per heavy atom. The zero-order valence-electron chi connectivity index (χ0n) is 11.4. The largest absolute Gasteiger partial charge is 0.481 e. The SMILES string of the molecule is Cn1cc(S(N)(=O)=O)cc1C(=O)N[C@H]1CC[C@@H](C(=O)O)C1. The van der Waals surface area contributed by atoms with Crippen molar-refractivity contribution in [1.82, 2.24) is 9.88 Å². The molecular weight excluding hydrogens is 298 g/mol. The first-order valence-electron chi connectivity index (χ1n) is 6.41. The average Bonchev–Trinajstić information content (AvgIpc) is 2.94. The van der Waals surface area contributed by atoms with Gasteiger partial charge in [0.05, 0.1) is 5.92 Å². The fourth-order valence-electron chi connectivity index (χ4n) is 2.51. The maximum absolute atomic E-state index is 12.1. The molecule has 0 aromatic carbocycles. The summed E-state index contributed by atoms with van der Waals surface area (Å²) in [6, 6.07) is 0.986. The number of nitrogens with two attached hydrogens (primary N) is 1. The number of carbonyl (C=O) groups excluding carboxylic acids is 1. The van der Waals surface area contributed by atoms with Gasteiger partial charge in [-0.25, -0.2) is 13.6 Å². The number of hydrogen-bond donors (Lipinski definition) is 3. The number of nitrogens with zero attached hydrogens (tertiary/aromatic N) is 1. The van der Waals surface area contributed by atoms with Crippen molar-refractivity contribution in [3.05, 3.63) is 18.0 Å². The maximum Gasteiger partial charge on any atom is 0.306 e. The van der Waals surface area contributed by atoms with Crippen LogP contribution in [0.25, 0.3) is 0 Å². The first-order chi connectivity index (χ1) is 9.68. The molecule has 1 heterocycles. The Labute approximate surface area is 122 Å². The summed E-state index contributed by atoms with van der Waals surface area (Å²) in [5.74, 6) is -1.74. The molecule has 0 unspecified atom stereocenters. The van der Waals surface area contributed by atoms with Gasteiger partial charge in [-0.2, -0.15) is 0 Å². The summed E-state index contributed by atoms with van der Waals surface area (Å²) in [6.07, 6.45) is 2.76. The topological polar surface area (TPSA) is 131 Å². The number of carboxylic acid groups (broad SMARTS) is 1. The van der Waals surface area contributed by atoms with Crippen LogP contribution in [0, 0.1) is 5.92 Å². The van der Waals surface area contributed by atoms with E-state index in [0.29, 0.717) is 19.3 Å². The Morgan fingerprint density at radius 1 is 1.43 bits per heavy atom. The first-order valence-corrected chi connectivity index (χ1v) is 7.96. The minimum absolute atomic E-state index is 0.134. The van der Waals surface area contributed by atoms with E-state index in [1.54, 1.807) is 0 Å². The van der Waals surface area contributed by atoms with Crippen molar-refractivity contribution >= 4 is 21.9 Å². The molecule has 1 aromatic heterocycles. The highest BCUT2D eigenvalue weighted by Crippen LogP contribution is 2.26. The van der Waals surface area contributed by atoms with E-state index in [0.717, 1.165) is 0 Å². The Morgan fingerprint density at radius 3 is 2.57 bits per heavy atom. The second-order valence-electron chi connectivity index (χ2n) is 5.24. The number of aromatic nitrogens is 1. The minimum atomic E-state index is -3.86. The van der Waals surface area contributed by atoms with Crippen molar-refractivity contribution in [1.29, 1.82) is 0 Å². The maximum atomic E-state index is 12.1. The number of carboxylic acids is 1. The molecule has 1 fully saturated rings. The van der Waals surface area contributed by atoms with E-state index in [1.807, 2.05) is 0 Å². The second kappa shape index (κ2) is 5.49. The third-order valence-electron chi connectivity index (χ3n) is 3.66. The lowest BCUT2D eigenvalue weighted by Gasteiger charge is -2.12. The molecule has 2 rings (SSSR count). The van der Waals surface area contributed by atoms with Crippen molar-refractivity contribution in [2.45, 2.75) is 30.2 Å². The predicted octanol–water partition coefficient (Wildman–Crippen LogP) is -0.344. The van der Waals surface area contributed by atoms with Crippen LogP contribution in [0.5, 0.6) is 0 Å². The molecule has 1 saturated carbocycles. The monoisotopic (exact) mass is 315 g/mol. The molecule has 0 spiro atoms. The molecule has 0 radical (unpaired) electrons. The smallest absolute Gasteiger partial charge is 0.306 e. The van der Waals surface area contributed by atoms with Crippen LogP contribution in [0.4, 0.5) is 0 Å². The fourth-order valence-corrected chi connectivity index (χ4v) is 3.09. The first kappa shape index (κ1) is 15.5. The fraction of sp³-hybridized carbons (Fsp3) is 0.500. The molecular formula is C12H17N3O5S. The molecule has 1 aliphatic rings. The van der Waals surface area contributed by atoms with Gasteiger partial charge in [-0.05, 0) is 25.3 Å². The Balaban J connectivity index is 2.08. The summed E-state index contributed by atoms with van der Waals surface area (Å²) in [5, 5.41) is 16.7. The van der Waals surface area contributed by atoms with Crippen LogP contribution in [0.3, 0.4) is 0 Å². The molecule has 9 heteroatoms. The van der Waals surface area contributed by atoms with Crippen LogP contribution in [-0.2, 0) is 21.9 Å². The van der Waals surface area contributed by atoms with Gasteiger partial charge in [-0.15, -0.1) is 0 Å². The molecule has 1 aromatic rings. The third kappa shape index (κ3) is 3.42. The number of rotatable bonds is 4. The number of sulfonamides is 1. The molecule has 0 aliphatic heterocycles. The zero-order chi connectivity index (χ0) is 15.8. The number of aliphatic carboxylic acids is 1. The van der Waals surface area contributed by atoms with Crippen molar-refractivity contribution in [3.63, 3.8) is 0 Å². The Bertz CT molecular complexity index is 679. The van der Waals surface area contributed by atoms with Crippen LogP contribution in [0.2, 0.25) is 0 Å². The molecule has 116 valence electrons. The summed E-state index contributed by atoms with van der Waals surface area (Å²) in [6.45, 7) is 0. The van der Waals surface area contributed by atoms with E-state index >= 15 is 0 Å². The highest BCUT2D eigenvalue weighted by Gasteiger charge is 2.31. The number of aryl methyl sites for hydroxylation is 1. The second-order valence-corrected chi connectivity index (χ2v) is 6.80. The highest BCUT2D eigenvalue weighted by molar-refractivity contribution is 7.89.